The van der Waals surface area contributed by atoms with E-state index < -0.39 is 0 Å². The Labute approximate surface area is 336 Å². The van der Waals surface area contributed by atoms with Gasteiger partial charge in [0.1, 0.15) is 0 Å². The molecule has 3 aliphatic heterocycles. The van der Waals surface area contributed by atoms with E-state index in [4.69, 9.17) is 0 Å². The van der Waals surface area contributed by atoms with Crippen molar-refractivity contribution in [1.29, 1.82) is 0 Å². The van der Waals surface area contributed by atoms with Gasteiger partial charge in [0.25, 0.3) is 0 Å². The molecule has 3 heteroatoms. The second kappa shape index (κ2) is 12.1. The smallest absolute Gasteiger partial charge is 0.333 e. The predicted octanol–water partition coefficient (Wildman–Crippen LogP) is 12.8. The first-order chi connectivity index (χ1) is 28.0. The van der Waals surface area contributed by atoms with Crippen LogP contribution in [0.4, 0.5) is 22.7 Å². The molecule has 8 aromatic carbocycles. The van der Waals surface area contributed by atoms with Crippen molar-refractivity contribution in [2.75, 3.05) is 9.71 Å². The Hall–Kier alpha value is -6.32. The van der Waals surface area contributed by atoms with E-state index in [2.05, 4.69) is 199 Å². The van der Waals surface area contributed by atoms with Crippen molar-refractivity contribution in [2.24, 2.45) is 0 Å². The summed E-state index contributed by atoms with van der Waals surface area (Å²) in [6, 6.07) is 66.2. The van der Waals surface area contributed by atoms with Crippen LogP contribution in [0.15, 0.2) is 176 Å². The van der Waals surface area contributed by atoms with Gasteiger partial charge in [-0.15, -0.1) is 0 Å². The van der Waals surface area contributed by atoms with Crippen LogP contribution in [0.5, 0.6) is 0 Å². The average molecular weight is 731 g/mol. The Morgan fingerprint density at radius 2 is 1.11 bits per heavy atom. The summed E-state index contributed by atoms with van der Waals surface area (Å²) >= 11 is 0. The molecule has 1 fully saturated rings. The Balaban J connectivity index is 1.22. The summed E-state index contributed by atoms with van der Waals surface area (Å²) in [5.41, 5.74) is 19.8. The van der Waals surface area contributed by atoms with Crippen LogP contribution in [0.25, 0.3) is 55.3 Å². The van der Waals surface area contributed by atoms with Gasteiger partial charge in [-0.1, -0.05) is 159 Å². The third-order valence-corrected chi connectivity index (χ3v) is 14.4. The first-order valence-electron chi connectivity index (χ1n) is 20.8. The molecule has 57 heavy (non-hydrogen) atoms. The lowest BCUT2D eigenvalue weighted by molar-refractivity contribution is 0.195. The molecule has 0 radical (unpaired) electrons. The maximum Gasteiger partial charge on any atom is 0.333 e. The summed E-state index contributed by atoms with van der Waals surface area (Å²) in [6.45, 7) is 5.15. The quantitative estimate of drug-likeness (QED) is 0.166. The lowest BCUT2D eigenvalue weighted by Crippen LogP contribution is -2.64. The number of hydrogen-bond donors (Lipinski definition) is 0. The van der Waals surface area contributed by atoms with Gasteiger partial charge in [-0.05, 0) is 122 Å². The molecule has 0 saturated heterocycles. The van der Waals surface area contributed by atoms with Gasteiger partial charge in [0.15, 0.2) is 0 Å². The molecule has 0 amide bonds. The maximum absolute atomic E-state index is 2.86. The summed E-state index contributed by atoms with van der Waals surface area (Å²) in [4.78, 5) is 5.55. The van der Waals surface area contributed by atoms with E-state index in [1.54, 1.807) is 0 Å². The second-order valence-electron chi connectivity index (χ2n) is 17.2. The van der Waals surface area contributed by atoms with Crippen molar-refractivity contribution >= 4 is 51.3 Å². The highest BCUT2D eigenvalue weighted by molar-refractivity contribution is 6.93. The van der Waals surface area contributed by atoms with Gasteiger partial charge in [-0.3, -0.25) is 0 Å². The fourth-order valence-electron chi connectivity index (χ4n) is 11.4. The van der Waals surface area contributed by atoms with Crippen LogP contribution in [0.1, 0.15) is 45.1 Å². The van der Waals surface area contributed by atoms with E-state index in [0.29, 0.717) is 0 Å². The topological polar surface area (TPSA) is 6.48 Å². The zero-order chi connectivity index (χ0) is 37.9. The van der Waals surface area contributed by atoms with Crippen LogP contribution in [-0.4, -0.2) is 12.4 Å². The number of anilines is 4. The van der Waals surface area contributed by atoms with Crippen molar-refractivity contribution in [1.82, 2.24) is 0 Å². The Kier molecular flexibility index (Phi) is 6.98. The first kappa shape index (κ1) is 32.9. The minimum atomic E-state index is -0.0765. The van der Waals surface area contributed by atoms with E-state index in [1.807, 2.05) is 0 Å². The molecule has 2 atom stereocenters. The zero-order valence-electron chi connectivity index (χ0n) is 32.5. The van der Waals surface area contributed by atoms with Gasteiger partial charge in [0.05, 0.1) is 5.54 Å². The van der Waals surface area contributed by atoms with E-state index in [1.165, 1.54) is 114 Å². The average Bonchev–Trinajstić information content (AvgIpc) is 3.49. The largest absolute Gasteiger partial charge is 0.376 e. The van der Waals surface area contributed by atoms with E-state index in [9.17, 15) is 0 Å². The van der Waals surface area contributed by atoms with E-state index >= 15 is 0 Å². The highest BCUT2D eigenvalue weighted by Crippen LogP contribution is 2.63. The van der Waals surface area contributed by atoms with E-state index in [-0.39, 0.29) is 17.8 Å². The summed E-state index contributed by atoms with van der Waals surface area (Å²) in [6.07, 6.45) is 4.85. The second-order valence-corrected chi connectivity index (χ2v) is 17.2. The van der Waals surface area contributed by atoms with Crippen LogP contribution in [0, 0.1) is 0 Å². The molecule has 1 aliphatic carbocycles. The molecule has 1 saturated carbocycles. The third-order valence-electron chi connectivity index (χ3n) is 14.4. The van der Waals surface area contributed by atoms with Gasteiger partial charge in [0.2, 0.25) is 0 Å². The normalized spacial score (nSPS) is 19.9. The Morgan fingerprint density at radius 3 is 1.81 bits per heavy atom. The van der Waals surface area contributed by atoms with Crippen LogP contribution in [0.3, 0.4) is 0 Å². The number of nitrogens with zero attached hydrogens (tertiary/aromatic N) is 2. The molecular weight excluding hydrogens is 687 g/mol. The molecule has 272 valence electrons. The number of benzene rings is 8. The molecule has 12 rings (SSSR count). The molecule has 0 spiro atoms. The van der Waals surface area contributed by atoms with Crippen LogP contribution in [-0.2, 0) is 5.41 Å². The van der Waals surface area contributed by atoms with Crippen molar-refractivity contribution in [3.05, 3.63) is 181 Å². The minimum Gasteiger partial charge on any atom is -0.376 e. The SMILES string of the molecule is CC12CCCCC1(C)N1c3cc(-c4ccccc4)cc4c3B(c3cc(-c5ccccc5)cc2c31)N(c1ccc(-c2ccccc2)cc1)c1ccc2ccccc2c1-4. The molecule has 0 N–H and O–H groups in total. The van der Waals surface area contributed by atoms with Crippen molar-refractivity contribution < 1.29 is 0 Å². The van der Waals surface area contributed by atoms with Gasteiger partial charge in [-0.2, -0.15) is 0 Å². The fraction of sp³-hybridized carbons (Fsp3) is 0.148. The van der Waals surface area contributed by atoms with Gasteiger partial charge >= 0.3 is 6.85 Å². The minimum absolute atomic E-state index is 0.00897. The zero-order valence-corrected chi connectivity index (χ0v) is 32.5. The van der Waals surface area contributed by atoms with Crippen molar-refractivity contribution in [2.45, 2.75) is 50.5 Å². The summed E-state index contributed by atoms with van der Waals surface area (Å²) in [5.74, 6) is 0. The molecule has 2 nitrogen and oxygen atoms in total. The highest BCUT2D eigenvalue weighted by atomic mass is 15.3. The van der Waals surface area contributed by atoms with Gasteiger partial charge in [-0.25, -0.2) is 0 Å². The number of hydrogen-bond acceptors (Lipinski definition) is 2. The van der Waals surface area contributed by atoms with Crippen molar-refractivity contribution in [3.63, 3.8) is 0 Å². The standard InChI is InChI=1S/C54H43BN2/c1-53-30-14-15-31-54(53,2)56-49-35-41(37-18-8-4-9-19-37)32-45-50-44-23-13-12-22-40(44)26-29-48(50)57(43-27-24-39(25-28-43)36-16-6-3-7-17-36)55(51(45)49)47-34-42(33-46(53)52(47)56)38-20-10-5-11-21-38/h3-13,16-29,32-35H,14-15,30-31H2,1-2H3. The lowest BCUT2D eigenvalue weighted by atomic mass is 9.43. The summed E-state index contributed by atoms with van der Waals surface area (Å²) in [5, 5.41) is 2.57. The first-order valence-corrected chi connectivity index (χ1v) is 20.8. The highest BCUT2D eigenvalue weighted by Gasteiger charge is 2.62. The van der Waals surface area contributed by atoms with Gasteiger partial charge < -0.3 is 9.71 Å². The molecule has 8 aromatic rings. The molecular formula is C54H43BN2. The number of fused-ring (bicyclic) bond motifs is 9. The van der Waals surface area contributed by atoms with E-state index in [0.717, 1.165) is 6.42 Å². The molecule has 4 aliphatic rings. The summed E-state index contributed by atoms with van der Waals surface area (Å²) < 4.78 is 0. The maximum atomic E-state index is 2.86. The molecule has 3 heterocycles. The van der Waals surface area contributed by atoms with Crippen LogP contribution < -0.4 is 20.6 Å². The summed E-state index contributed by atoms with van der Waals surface area (Å²) in [7, 11) is 0. The van der Waals surface area contributed by atoms with Gasteiger partial charge in [0, 0.05) is 33.7 Å². The Morgan fingerprint density at radius 1 is 0.509 bits per heavy atom. The van der Waals surface area contributed by atoms with Crippen LogP contribution >= 0.6 is 0 Å². The Bertz CT molecular complexity index is 2890. The monoisotopic (exact) mass is 730 g/mol. The third kappa shape index (κ3) is 4.54. The molecule has 2 unspecified atom stereocenters. The number of rotatable bonds is 4. The lowest BCUT2D eigenvalue weighted by Gasteiger charge is -2.53. The van der Waals surface area contributed by atoms with Crippen molar-refractivity contribution in [3.8, 4) is 44.5 Å². The fourth-order valence-corrected chi connectivity index (χ4v) is 11.4. The molecule has 0 bridgehead atoms. The molecule has 0 aromatic heterocycles. The predicted molar refractivity (Wildman–Crippen MR) is 242 cm³/mol. The van der Waals surface area contributed by atoms with Crippen LogP contribution in [0.2, 0.25) is 0 Å².